The SMILES string of the molecule is CC1(C)C(/C=C/C=C2/N(CCCS(=O)(=O)O)c3cccc(S(=O)(=O)O)c3C2(C)CCCCCC(=O)O)=[N+](CCCS(=O)(=O)O)c2ccccc21. The van der Waals surface area contributed by atoms with Crippen LogP contribution in [0.3, 0.4) is 0 Å². The molecule has 1 unspecified atom stereocenters. The molecule has 0 saturated heterocycles. The predicted octanol–water partition coefficient (Wildman–Crippen LogP) is 5.12. The molecule has 13 nitrogen and oxygen atoms in total. The number of hydrogen-bond acceptors (Lipinski definition) is 8. The molecule has 2 heterocycles. The fraction of sp³-hybridized carbons (Fsp3) is 0.471. The zero-order valence-electron chi connectivity index (χ0n) is 28.3. The van der Waals surface area contributed by atoms with Gasteiger partial charge in [-0.15, -0.1) is 0 Å². The van der Waals surface area contributed by atoms with Crippen LogP contribution < -0.4 is 4.90 Å². The van der Waals surface area contributed by atoms with Crippen LogP contribution in [0.1, 0.15) is 76.8 Å². The molecular weight excluding hydrogens is 709 g/mol. The van der Waals surface area contributed by atoms with Gasteiger partial charge in [0.15, 0.2) is 5.71 Å². The molecule has 0 amide bonds. The maximum absolute atomic E-state index is 12.7. The number of aliphatic carboxylic acids is 1. The number of benzene rings is 2. The summed E-state index contributed by atoms with van der Waals surface area (Å²) in [6.45, 7) is 6.30. The van der Waals surface area contributed by atoms with Gasteiger partial charge in [0, 0.05) is 59.5 Å². The van der Waals surface area contributed by atoms with Gasteiger partial charge < -0.3 is 10.0 Å². The summed E-state index contributed by atoms with van der Waals surface area (Å²) >= 11 is 0. The van der Waals surface area contributed by atoms with E-state index in [0.717, 1.165) is 17.0 Å². The summed E-state index contributed by atoms with van der Waals surface area (Å²) in [5.41, 5.74) is 2.61. The summed E-state index contributed by atoms with van der Waals surface area (Å²) < 4.78 is 103. The molecule has 0 fully saturated rings. The van der Waals surface area contributed by atoms with Gasteiger partial charge in [-0.25, -0.2) is 0 Å². The van der Waals surface area contributed by atoms with E-state index in [-0.39, 0.29) is 30.7 Å². The molecule has 0 saturated carbocycles. The highest BCUT2D eigenvalue weighted by atomic mass is 32.2. The van der Waals surface area contributed by atoms with Crippen LogP contribution in [0, 0.1) is 0 Å². The summed E-state index contributed by atoms with van der Waals surface area (Å²) in [5.74, 6) is -1.87. The number of nitrogens with zero attached hydrogens (tertiary/aromatic N) is 2. The maximum atomic E-state index is 12.7. The van der Waals surface area contributed by atoms with Crippen LogP contribution in [-0.4, -0.2) is 84.9 Å². The number of fused-ring (bicyclic) bond motifs is 2. The topological polar surface area (TPSA) is 207 Å². The average molecular weight is 754 g/mol. The van der Waals surface area contributed by atoms with Crippen molar-refractivity contribution in [3.8, 4) is 0 Å². The van der Waals surface area contributed by atoms with Crippen LogP contribution in [0.4, 0.5) is 11.4 Å². The molecule has 2 aromatic rings. The Labute approximate surface area is 294 Å². The van der Waals surface area contributed by atoms with E-state index in [0.29, 0.717) is 49.2 Å². The first-order valence-corrected chi connectivity index (χ1v) is 21.0. The van der Waals surface area contributed by atoms with E-state index in [9.17, 15) is 43.7 Å². The molecule has 4 N–H and O–H groups in total. The summed E-state index contributed by atoms with van der Waals surface area (Å²) in [6.07, 6.45) is 7.48. The van der Waals surface area contributed by atoms with Gasteiger partial charge in [-0.05, 0) is 58.2 Å². The molecule has 4 rings (SSSR count). The predicted molar refractivity (Wildman–Crippen MR) is 190 cm³/mol. The van der Waals surface area contributed by atoms with Crippen molar-refractivity contribution >= 4 is 53.4 Å². The summed E-state index contributed by atoms with van der Waals surface area (Å²) in [6, 6.07) is 12.2. The van der Waals surface area contributed by atoms with Gasteiger partial charge in [0.1, 0.15) is 11.4 Å². The lowest BCUT2D eigenvalue weighted by Gasteiger charge is -2.31. The van der Waals surface area contributed by atoms with E-state index >= 15 is 0 Å². The molecule has 1 atom stereocenters. The molecule has 16 heteroatoms. The highest BCUT2D eigenvalue weighted by Crippen LogP contribution is 2.53. The molecular formula is C34H45N2O11S3+. The number of anilines is 1. The molecule has 50 heavy (non-hydrogen) atoms. The molecule has 0 radical (unpaired) electrons. The summed E-state index contributed by atoms with van der Waals surface area (Å²) in [5, 5.41) is 9.11. The Kier molecular flexibility index (Phi) is 11.9. The fourth-order valence-electron chi connectivity index (χ4n) is 7.19. The van der Waals surface area contributed by atoms with Gasteiger partial charge in [0.05, 0.1) is 16.9 Å². The quantitative estimate of drug-likeness (QED) is 0.0944. The molecule has 0 aromatic heterocycles. The zero-order chi connectivity index (χ0) is 37.1. The van der Waals surface area contributed by atoms with Crippen molar-refractivity contribution in [2.24, 2.45) is 0 Å². The van der Waals surface area contributed by atoms with Crippen molar-refractivity contribution in [3.05, 3.63) is 77.5 Å². The van der Waals surface area contributed by atoms with Crippen LogP contribution in [-0.2, 0) is 46.0 Å². The van der Waals surface area contributed by atoms with Gasteiger partial charge in [0.2, 0.25) is 5.69 Å². The Morgan fingerprint density at radius 3 is 2.14 bits per heavy atom. The standard InChI is InChI=1S/C34H44N2O11S3/c1-33(2)25-13-6-7-14-26(25)35(21-11-23-48(39,40)41)29(33)17-10-18-30-34(3,20-8-4-5-19-31(37)38)32-27(15-9-16-28(32)50(45,46)47)36(30)22-12-24-49(42,43)44/h6-7,9-10,13-18H,4-5,8,11-12,19-24H2,1-3H3,(H3-,37,38,39,40,41,42,43,44,45,46,47)/p+1. The third kappa shape index (κ3) is 9.08. The minimum absolute atomic E-state index is 0.00534. The molecule has 2 aromatic carbocycles. The summed E-state index contributed by atoms with van der Waals surface area (Å²) in [4.78, 5) is 12.6. The first-order valence-electron chi connectivity index (χ1n) is 16.3. The highest BCUT2D eigenvalue weighted by molar-refractivity contribution is 7.86. The van der Waals surface area contributed by atoms with Crippen LogP contribution in [0.15, 0.2) is 71.3 Å². The number of carbonyl (C=O) groups is 1. The Hall–Kier alpha value is -3.41. The highest BCUT2D eigenvalue weighted by Gasteiger charge is 2.47. The van der Waals surface area contributed by atoms with Crippen molar-refractivity contribution in [3.63, 3.8) is 0 Å². The minimum Gasteiger partial charge on any atom is -0.481 e. The zero-order valence-corrected chi connectivity index (χ0v) is 30.8. The third-order valence-corrected chi connectivity index (χ3v) is 11.9. The van der Waals surface area contributed by atoms with Crippen molar-refractivity contribution in [1.82, 2.24) is 0 Å². The number of unbranched alkanes of at least 4 members (excludes halogenated alkanes) is 2. The molecule has 2 aliphatic rings. The number of allylic oxidation sites excluding steroid dienone is 4. The Bertz CT molecular complexity index is 2050. The Morgan fingerprint density at radius 1 is 0.840 bits per heavy atom. The summed E-state index contributed by atoms with van der Waals surface area (Å²) in [7, 11) is -13.2. The first-order chi connectivity index (χ1) is 23.2. The normalized spacial score (nSPS) is 19.8. The van der Waals surface area contributed by atoms with E-state index in [1.165, 1.54) is 12.1 Å². The second kappa shape index (κ2) is 15.1. The van der Waals surface area contributed by atoms with Crippen molar-refractivity contribution in [2.45, 2.75) is 81.4 Å². The monoisotopic (exact) mass is 753 g/mol. The number of para-hydroxylation sites is 1. The largest absolute Gasteiger partial charge is 0.481 e. The van der Waals surface area contributed by atoms with Gasteiger partial charge in [-0.3, -0.25) is 18.5 Å². The average Bonchev–Trinajstić information content (AvgIpc) is 3.35. The fourth-order valence-corrected chi connectivity index (χ4v) is 9.02. The van der Waals surface area contributed by atoms with Crippen LogP contribution in [0.5, 0.6) is 0 Å². The van der Waals surface area contributed by atoms with Crippen LogP contribution in [0.25, 0.3) is 0 Å². The molecule has 0 spiro atoms. The number of rotatable bonds is 17. The van der Waals surface area contributed by atoms with E-state index in [2.05, 4.69) is 0 Å². The Morgan fingerprint density at radius 2 is 1.50 bits per heavy atom. The van der Waals surface area contributed by atoms with Crippen molar-refractivity contribution in [1.29, 1.82) is 0 Å². The van der Waals surface area contributed by atoms with Gasteiger partial charge in [-0.2, -0.15) is 29.8 Å². The van der Waals surface area contributed by atoms with Gasteiger partial charge in [-0.1, -0.05) is 43.2 Å². The van der Waals surface area contributed by atoms with E-state index in [1.54, 1.807) is 23.1 Å². The van der Waals surface area contributed by atoms with Crippen molar-refractivity contribution in [2.75, 3.05) is 29.5 Å². The molecule has 0 aliphatic carbocycles. The van der Waals surface area contributed by atoms with Crippen LogP contribution >= 0.6 is 0 Å². The number of carboxylic acid groups (broad SMARTS) is 1. The van der Waals surface area contributed by atoms with Crippen LogP contribution in [0.2, 0.25) is 0 Å². The molecule has 0 bridgehead atoms. The van der Waals surface area contributed by atoms with E-state index < -0.39 is 58.7 Å². The Balaban J connectivity index is 1.85. The lowest BCUT2D eigenvalue weighted by atomic mass is 9.76. The van der Waals surface area contributed by atoms with E-state index in [4.69, 9.17) is 5.11 Å². The van der Waals surface area contributed by atoms with E-state index in [1.807, 2.05) is 55.7 Å². The molecule has 274 valence electrons. The number of hydrogen-bond donors (Lipinski definition) is 4. The minimum atomic E-state index is -4.70. The van der Waals surface area contributed by atoms with Gasteiger partial charge in [0.25, 0.3) is 30.4 Å². The number of carboxylic acids is 1. The first kappa shape index (κ1) is 39.4. The lowest BCUT2D eigenvalue weighted by molar-refractivity contribution is -0.437. The third-order valence-electron chi connectivity index (χ3n) is 9.42. The molecule has 2 aliphatic heterocycles. The second-order valence-electron chi connectivity index (χ2n) is 13.4. The van der Waals surface area contributed by atoms with Crippen molar-refractivity contribution < 1.29 is 53.4 Å². The van der Waals surface area contributed by atoms with Gasteiger partial charge >= 0.3 is 5.97 Å². The smallest absolute Gasteiger partial charge is 0.303 e. The lowest BCUT2D eigenvalue weighted by Crippen LogP contribution is -2.31. The maximum Gasteiger partial charge on any atom is 0.303 e. The second-order valence-corrected chi connectivity index (χ2v) is 18.0.